The number of hydrogen-bond donors (Lipinski definition) is 1. The van der Waals surface area contributed by atoms with Crippen LogP contribution < -0.4 is 5.73 Å². The number of carbonyl (C=O) groups is 1. The Morgan fingerprint density at radius 3 is 2.79 bits per heavy atom. The summed E-state index contributed by atoms with van der Waals surface area (Å²) in [7, 11) is 1.28. The first kappa shape index (κ1) is 13.9. The lowest BCUT2D eigenvalue weighted by Crippen LogP contribution is -2.08. The maximum Gasteiger partial charge on any atom is 0.360 e. The SMILES string of the molecule is COC(=O)c1nc(C)n(-c2ccc(Br)cc2Cl)c1N. The van der Waals surface area contributed by atoms with E-state index < -0.39 is 5.97 Å². The molecule has 5 nitrogen and oxygen atoms in total. The number of anilines is 1. The highest BCUT2D eigenvalue weighted by molar-refractivity contribution is 9.10. The van der Waals surface area contributed by atoms with Gasteiger partial charge >= 0.3 is 5.97 Å². The average Bonchev–Trinajstić information content (AvgIpc) is 2.65. The van der Waals surface area contributed by atoms with Crippen molar-refractivity contribution in [3.63, 3.8) is 0 Å². The topological polar surface area (TPSA) is 70.1 Å². The molecule has 2 N–H and O–H groups in total. The summed E-state index contributed by atoms with van der Waals surface area (Å²) in [5.74, 6) is 0.184. The van der Waals surface area contributed by atoms with E-state index in [2.05, 4.69) is 25.7 Å². The van der Waals surface area contributed by atoms with E-state index in [9.17, 15) is 4.79 Å². The molecule has 0 fully saturated rings. The van der Waals surface area contributed by atoms with Gasteiger partial charge in [-0.25, -0.2) is 9.78 Å². The Kier molecular flexibility index (Phi) is 3.82. The number of benzene rings is 1. The van der Waals surface area contributed by atoms with Gasteiger partial charge in [0.1, 0.15) is 11.6 Å². The van der Waals surface area contributed by atoms with Gasteiger partial charge in [-0.3, -0.25) is 4.57 Å². The van der Waals surface area contributed by atoms with Gasteiger partial charge in [0.05, 0.1) is 17.8 Å². The molecule has 0 bridgehead atoms. The van der Waals surface area contributed by atoms with Gasteiger partial charge in [-0.05, 0) is 25.1 Å². The van der Waals surface area contributed by atoms with Crippen LogP contribution in [0, 0.1) is 6.92 Å². The van der Waals surface area contributed by atoms with Gasteiger partial charge in [-0.1, -0.05) is 27.5 Å². The number of aromatic nitrogens is 2. The van der Waals surface area contributed by atoms with Crippen molar-refractivity contribution in [1.29, 1.82) is 0 Å². The van der Waals surface area contributed by atoms with E-state index in [0.29, 0.717) is 16.5 Å². The van der Waals surface area contributed by atoms with E-state index in [1.54, 1.807) is 23.6 Å². The fourth-order valence-electron chi connectivity index (χ4n) is 1.76. The van der Waals surface area contributed by atoms with Crippen LogP contribution in [0.1, 0.15) is 16.3 Å². The molecule has 0 saturated heterocycles. The highest BCUT2D eigenvalue weighted by Crippen LogP contribution is 2.29. The summed E-state index contributed by atoms with van der Waals surface area (Å²) in [6.07, 6.45) is 0. The molecule has 1 aromatic carbocycles. The minimum absolute atomic E-state index is 0.0824. The van der Waals surface area contributed by atoms with Crippen LogP contribution in [0.15, 0.2) is 22.7 Å². The number of hydrogen-bond acceptors (Lipinski definition) is 4. The molecule has 0 aliphatic carbocycles. The van der Waals surface area contributed by atoms with E-state index in [4.69, 9.17) is 17.3 Å². The van der Waals surface area contributed by atoms with Crippen LogP contribution in [0.3, 0.4) is 0 Å². The molecule has 0 spiro atoms. The molecule has 1 aromatic heterocycles. The number of carbonyl (C=O) groups excluding carboxylic acids is 1. The molecule has 0 radical (unpaired) electrons. The van der Waals surface area contributed by atoms with Gasteiger partial charge in [0.15, 0.2) is 5.69 Å². The number of rotatable bonds is 2. The highest BCUT2D eigenvalue weighted by Gasteiger charge is 2.21. The Morgan fingerprint density at radius 2 is 2.21 bits per heavy atom. The lowest BCUT2D eigenvalue weighted by Gasteiger charge is -2.10. The van der Waals surface area contributed by atoms with Crippen LogP contribution in [0.25, 0.3) is 5.69 Å². The minimum Gasteiger partial charge on any atom is -0.464 e. The Morgan fingerprint density at radius 1 is 1.53 bits per heavy atom. The third kappa shape index (κ3) is 2.46. The lowest BCUT2D eigenvalue weighted by molar-refractivity contribution is 0.0596. The fraction of sp³-hybridized carbons (Fsp3) is 0.167. The summed E-state index contributed by atoms with van der Waals surface area (Å²) in [4.78, 5) is 15.7. The largest absolute Gasteiger partial charge is 0.464 e. The van der Waals surface area contributed by atoms with E-state index in [1.807, 2.05) is 6.07 Å². The van der Waals surface area contributed by atoms with Crippen molar-refractivity contribution >= 4 is 39.3 Å². The number of halogens is 2. The Bertz CT molecular complexity index is 655. The summed E-state index contributed by atoms with van der Waals surface area (Å²) in [5, 5.41) is 0.498. The van der Waals surface area contributed by atoms with Gasteiger partial charge in [-0.15, -0.1) is 0 Å². The van der Waals surface area contributed by atoms with Crippen LogP contribution in [0.5, 0.6) is 0 Å². The summed E-state index contributed by atoms with van der Waals surface area (Å²) >= 11 is 9.51. The summed E-state index contributed by atoms with van der Waals surface area (Å²) in [5.41, 5.74) is 6.69. The predicted octanol–water partition coefficient (Wildman–Crippen LogP) is 2.97. The van der Waals surface area contributed by atoms with Gasteiger partial charge in [0.25, 0.3) is 0 Å². The number of nitrogen functional groups attached to an aromatic ring is 1. The number of esters is 1. The van der Waals surface area contributed by atoms with Crippen LogP contribution >= 0.6 is 27.5 Å². The number of aryl methyl sites for hydroxylation is 1. The second-order valence-corrected chi connectivity index (χ2v) is 5.14. The molecule has 1 heterocycles. The molecule has 0 amide bonds. The van der Waals surface area contributed by atoms with Crippen LogP contribution in [-0.2, 0) is 4.74 Å². The standard InChI is InChI=1S/C12H11BrClN3O2/c1-6-16-10(12(18)19-2)11(15)17(6)9-4-3-7(13)5-8(9)14/h3-5H,15H2,1-2H3. The molecule has 0 aliphatic heterocycles. The zero-order valence-electron chi connectivity index (χ0n) is 10.3. The Labute approximate surface area is 123 Å². The van der Waals surface area contributed by atoms with Crippen molar-refractivity contribution in [2.75, 3.05) is 12.8 Å². The van der Waals surface area contributed by atoms with Crippen molar-refractivity contribution in [1.82, 2.24) is 9.55 Å². The molecule has 0 atom stereocenters. The molecule has 2 rings (SSSR count). The van der Waals surface area contributed by atoms with Crippen molar-refractivity contribution in [3.05, 3.63) is 39.2 Å². The number of methoxy groups -OCH3 is 1. The maximum absolute atomic E-state index is 11.6. The molecule has 0 unspecified atom stereocenters. The van der Waals surface area contributed by atoms with Gasteiger partial charge < -0.3 is 10.5 Å². The molecule has 7 heteroatoms. The minimum atomic E-state index is -0.576. The monoisotopic (exact) mass is 343 g/mol. The molecule has 2 aromatic rings. The number of ether oxygens (including phenoxy) is 1. The van der Waals surface area contributed by atoms with Gasteiger partial charge in [-0.2, -0.15) is 0 Å². The first-order valence-electron chi connectivity index (χ1n) is 5.34. The predicted molar refractivity (Wildman–Crippen MR) is 76.8 cm³/mol. The Hall–Kier alpha value is -1.53. The third-order valence-corrected chi connectivity index (χ3v) is 3.41. The molecule has 0 saturated carbocycles. The van der Waals surface area contributed by atoms with E-state index in [-0.39, 0.29) is 11.5 Å². The summed E-state index contributed by atoms with van der Waals surface area (Å²) < 4.78 is 7.10. The lowest BCUT2D eigenvalue weighted by atomic mass is 10.3. The zero-order valence-corrected chi connectivity index (χ0v) is 12.6. The number of nitrogens with two attached hydrogens (primary N) is 1. The van der Waals surface area contributed by atoms with Crippen LogP contribution in [0.2, 0.25) is 5.02 Å². The van der Waals surface area contributed by atoms with Gasteiger partial charge in [0, 0.05) is 4.47 Å². The average molecular weight is 345 g/mol. The first-order valence-corrected chi connectivity index (χ1v) is 6.51. The molecule has 19 heavy (non-hydrogen) atoms. The molecular weight excluding hydrogens is 334 g/mol. The number of nitrogens with zero attached hydrogens (tertiary/aromatic N) is 2. The third-order valence-electron chi connectivity index (χ3n) is 2.61. The Balaban J connectivity index is 2.63. The molecular formula is C12H11BrClN3O2. The maximum atomic E-state index is 11.6. The molecule has 100 valence electrons. The van der Waals surface area contributed by atoms with E-state index >= 15 is 0 Å². The normalized spacial score (nSPS) is 10.5. The molecule has 0 aliphatic rings. The van der Waals surface area contributed by atoms with Crippen molar-refractivity contribution in [2.24, 2.45) is 0 Å². The smallest absolute Gasteiger partial charge is 0.360 e. The quantitative estimate of drug-likeness (QED) is 0.850. The van der Waals surface area contributed by atoms with Crippen molar-refractivity contribution in [2.45, 2.75) is 6.92 Å². The summed E-state index contributed by atoms with van der Waals surface area (Å²) in [6, 6.07) is 5.37. The zero-order chi connectivity index (χ0) is 14.2. The fourth-order valence-corrected chi connectivity index (χ4v) is 2.52. The van der Waals surface area contributed by atoms with Crippen LogP contribution in [-0.4, -0.2) is 22.6 Å². The van der Waals surface area contributed by atoms with Crippen molar-refractivity contribution < 1.29 is 9.53 Å². The van der Waals surface area contributed by atoms with E-state index in [0.717, 1.165) is 4.47 Å². The highest BCUT2D eigenvalue weighted by atomic mass is 79.9. The number of imidazole rings is 1. The summed E-state index contributed by atoms with van der Waals surface area (Å²) in [6.45, 7) is 1.74. The van der Waals surface area contributed by atoms with E-state index in [1.165, 1.54) is 7.11 Å². The second-order valence-electron chi connectivity index (χ2n) is 3.82. The first-order chi connectivity index (χ1) is 8.95. The second kappa shape index (κ2) is 5.22. The van der Waals surface area contributed by atoms with Crippen molar-refractivity contribution in [3.8, 4) is 5.69 Å². The van der Waals surface area contributed by atoms with Gasteiger partial charge in [0.2, 0.25) is 0 Å². The van der Waals surface area contributed by atoms with Crippen LogP contribution in [0.4, 0.5) is 5.82 Å².